The summed E-state index contributed by atoms with van der Waals surface area (Å²) in [6.07, 6.45) is 0.976. The molecular formula is C22H24N4O6. The summed E-state index contributed by atoms with van der Waals surface area (Å²) in [5.41, 5.74) is 1.66. The van der Waals surface area contributed by atoms with Crippen LogP contribution >= 0.6 is 0 Å². The fraction of sp³-hybridized carbons (Fsp3) is 0.318. The van der Waals surface area contributed by atoms with E-state index in [1.165, 1.54) is 22.8 Å². The maximum absolute atomic E-state index is 12.2. The summed E-state index contributed by atoms with van der Waals surface area (Å²) in [6, 6.07) is 10.8. The van der Waals surface area contributed by atoms with Crippen LogP contribution in [0.3, 0.4) is 0 Å². The number of nitro groups is 1. The Balaban J connectivity index is 1.52. The van der Waals surface area contributed by atoms with E-state index >= 15 is 0 Å². The van der Waals surface area contributed by atoms with Crippen LogP contribution in [0.5, 0.6) is 0 Å². The molecule has 0 radical (unpaired) electrons. The number of nitro benzene ring substituents is 1. The van der Waals surface area contributed by atoms with Gasteiger partial charge in [0.15, 0.2) is 5.58 Å². The Kier molecular flexibility index (Phi) is 7.04. The first-order chi connectivity index (χ1) is 15.2. The number of fused-ring (bicyclic) bond motifs is 1. The van der Waals surface area contributed by atoms with Crippen LogP contribution in [0, 0.1) is 16.0 Å². The number of rotatable bonds is 9. The van der Waals surface area contributed by atoms with Crippen molar-refractivity contribution in [3.8, 4) is 0 Å². The van der Waals surface area contributed by atoms with Crippen molar-refractivity contribution < 1.29 is 18.9 Å². The van der Waals surface area contributed by atoms with Crippen LogP contribution in [0.25, 0.3) is 11.1 Å². The molecule has 0 aliphatic carbocycles. The van der Waals surface area contributed by atoms with Gasteiger partial charge in [0.05, 0.1) is 16.5 Å². The average molecular weight is 440 g/mol. The highest BCUT2D eigenvalue weighted by Gasteiger charge is 2.14. The third-order valence-electron chi connectivity index (χ3n) is 4.69. The van der Waals surface area contributed by atoms with Crippen LogP contribution in [0.1, 0.15) is 33.1 Å². The van der Waals surface area contributed by atoms with Gasteiger partial charge in [-0.25, -0.2) is 4.79 Å². The zero-order chi connectivity index (χ0) is 23.3. The van der Waals surface area contributed by atoms with Crippen molar-refractivity contribution in [2.45, 2.75) is 39.7 Å². The number of carbonyl (C=O) groups excluding carboxylic acids is 2. The largest absolute Gasteiger partial charge is 0.419 e. The molecule has 32 heavy (non-hydrogen) atoms. The van der Waals surface area contributed by atoms with Crippen LogP contribution in [-0.2, 0) is 16.1 Å². The molecule has 1 heterocycles. The van der Waals surface area contributed by atoms with Crippen molar-refractivity contribution >= 4 is 40.0 Å². The summed E-state index contributed by atoms with van der Waals surface area (Å²) in [6.45, 7) is 4.17. The smallest absolute Gasteiger partial charge is 0.407 e. The lowest BCUT2D eigenvalue weighted by Crippen LogP contribution is -2.17. The lowest BCUT2D eigenvalue weighted by atomic mass is 10.1. The lowest BCUT2D eigenvalue weighted by molar-refractivity contribution is -0.384. The molecule has 0 spiro atoms. The molecule has 10 heteroatoms. The van der Waals surface area contributed by atoms with Crippen molar-refractivity contribution in [3.63, 3.8) is 0 Å². The number of amides is 2. The highest BCUT2D eigenvalue weighted by molar-refractivity contribution is 5.93. The van der Waals surface area contributed by atoms with Gasteiger partial charge in [-0.2, -0.15) is 0 Å². The first-order valence-corrected chi connectivity index (χ1v) is 10.2. The van der Waals surface area contributed by atoms with E-state index in [4.69, 9.17) is 4.42 Å². The van der Waals surface area contributed by atoms with Gasteiger partial charge in [0.25, 0.3) is 5.69 Å². The Bertz CT molecular complexity index is 1190. The number of aromatic nitrogens is 1. The molecule has 2 aromatic carbocycles. The van der Waals surface area contributed by atoms with Crippen molar-refractivity contribution in [1.82, 2.24) is 4.57 Å². The molecule has 1 aromatic heterocycles. The predicted molar refractivity (Wildman–Crippen MR) is 120 cm³/mol. The Morgan fingerprint density at radius 3 is 2.28 bits per heavy atom. The van der Waals surface area contributed by atoms with Crippen LogP contribution in [-0.4, -0.2) is 21.3 Å². The van der Waals surface area contributed by atoms with Gasteiger partial charge >= 0.3 is 5.76 Å². The molecule has 0 fully saturated rings. The molecule has 0 unspecified atom stereocenters. The third-order valence-corrected chi connectivity index (χ3v) is 4.69. The number of carbonyl (C=O) groups is 2. The molecule has 2 amide bonds. The summed E-state index contributed by atoms with van der Waals surface area (Å²) >= 11 is 0. The van der Waals surface area contributed by atoms with Crippen molar-refractivity contribution in [2.24, 2.45) is 5.92 Å². The van der Waals surface area contributed by atoms with E-state index in [2.05, 4.69) is 10.6 Å². The van der Waals surface area contributed by atoms with E-state index in [0.29, 0.717) is 29.7 Å². The third kappa shape index (κ3) is 5.81. The van der Waals surface area contributed by atoms with Crippen LogP contribution in [0.15, 0.2) is 51.7 Å². The molecule has 0 bridgehead atoms. The number of benzene rings is 2. The zero-order valence-corrected chi connectivity index (χ0v) is 17.8. The van der Waals surface area contributed by atoms with E-state index in [1.54, 1.807) is 24.3 Å². The molecule has 0 saturated heterocycles. The molecular weight excluding hydrogens is 416 g/mol. The van der Waals surface area contributed by atoms with Gasteiger partial charge in [0, 0.05) is 36.8 Å². The fourth-order valence-electron chi connectivity index (χ4n) is 3.22. The molecule has 3 aromatic rings. The minimum absolute atomic E-state index is 0.0617. The highest BCUT2D eigenvalue weighted by atomic mass is 16.6. The number of anilines is 2. The number of nitrogens with zero attached hydrogens (tertiary/aromatic N) is 2. The van der Waals surface area contributed by atoms with Crippen LogP contribution < -0.4 is 16.4 Å². The molecule has 2 N–H and O–H groups in total. The predicted octanol–water partition coefficient (Wildman–Crippen LogP) is 3.91. The second-order valence-corrected chi connectivity index (χ2v) is 7.80. The number of aryl methyl sites for hydroxylation is 1. The molecule has 0 aliphatic rings. The molecule has 10 nitrogen and oxygen atoms in total. The first kappa shape index (κ1) is 22.7. The molecule has 0 saturated carbocycles. The Labute approximate surface area is 183 Å². The fourth-order valence-corrected chi connectivity index (χ4v) is 3.22. The highest BCUT2D eigenvalue weighted by Crippen LogP contribution is 2.20. The minimum atomic E-state index is -0.629. The number of hydrogen-bond acceptors (Lipinski definition) is 6. The molecule has 0 atom stereocenters. The van der Waals surface area contributed by atoms with Crippen molar-refractivity contribution in [1.29, 1.82) is 0 Å². The van der Waals surface area contributed by atoms with E-state index < -0.39 is 10.7 Å². The van der Waals surface area contributed by atoms with Gasteiger partial charge < -0.3 is 15.1 Å². The van der Waals surface area contributed by atoms with Crippen LogP contribution in [0.2, 0.25) is 0 Å². The number of nitrogens with one attached hydrogen (secondary N) is 2. The number of non-ortho nitro benzene ring substituents is 1. The van der Waals surface area contributed by atoms with Crippen molar-refractivity contribution in [3.05, 3.63) is 63.1 Å². The molecule has 3 rings (SSSR count). The Hall–Kier alpha value is -3.95. The second-order valence-electron chi connectivity index (χ2n) is 7.80. The van der Waals surface area contributed by atoms with Gasteiger partial charge in [0.1, 0.15) is 0 Å². The van der Waals surface area contributed by atoms with E-state index in [-0.39, 0.29) is 42.0 Å². The monoisotopic (exact) mass is 440 g/mol. The first-order valence-electron chi connectivity index (χ1n) is 10.2. The standard InChI is InChI=1S/C22H24N4O6/c1-14(2)12-21(28)24-16-7-5-15(6-8-16)23-20(27)4-3-11-25-18-10-9-17(26(30)31)13-19(18)32-22(25)29/h5-10,13-14H,3-4,11-12H2,1-2H3,(H,23,27)(H,24,28). The van der Waals surface area contributed by atoms with Gasteiger partial charge in [-0.15, -0.1) is 0 Å². The zero-order valence-electron chi connectivity index (χ0n) is 17.8. The van der Waals surface area contributed by atoms with E-state index in [0.717, 1.165) is 0 Å². The van der Waals surface area contributed by atoms with Gasteiger partial charge in [-0.05, 0) is 42.7 Å². The maximum Gasteiger partial charge on any atom is 0.419 e. The average Bonchev–Trinajstić information content (AvgIpc) is 3.03. The molecule has 168 valence electrons. The number of hydrogen-bond donors (Lipinski definition) is 2. The Morgan fingerprint density at radius 1 is 1.06 bits per heavy atom. The van der Waals surface area contributed by atoms with Gasteiger partial charge in [-0.1, -0.05) is 13.8 Å². The molecule has 0 aliphatic heterocycles. The van der Waals surface area contributed by atoms with Gasteiger partial charge in [-0.3, -0.25) is 24.3 Å². The summed E-state index contributed by atoms with van der Waals surface area (Å²) in [4.78, 5) is 46.4. The Morgan fingerprint density at radius 2 is 1.69 bits per heavy atom. The normalized spacial score (nSPS) is 11.0. The summed E-state index contributed by atoms with van der Waals surface area (Å²) in [5.74, 6) is -0.648. The minimum Gasteiger partial charge on any atom is -0.407 e. The number of oxazole rings is 1. The SMILES string of the molecule is CC(C)CC(=O)Nc1ccc(NC(=O)CCCn2c(=O)oc3cc([N+](=O)[O-])ccc32)cc1. The van der Waals surface area contributed by atoms with Gasteiger partial charge in [0.2, 0.25) is 11.8 Å². The topological polar surface area (TPSA) is 136 Å². The maximum atomic E-state index is 12.2. The van der Waals surface area contributed by atoms with E-state index in [9.17, 15) is 24.5 Å². The quantitative estimate of drug-likeness (QED) is 0.382. The van der Waals surface area contributed by atoms with E-state index in [1.807, 2.05) is 13.8 Å². The second kappa shape index (κ2) is 9.90. The summed E-state index contributed by atoms with van der Waals surface area (Å²) < 4.78 is 6.42. The van der Waals surface area contributed by atoms with Crippen molar-refractivity contribution in [2.75, 3.05) is 10.6 Å². The van der Waals surface area contributed by atoms with Crippen LogP contribution in [0.4, 0.5) is 17.1 Å². The summed E-state index contributed by atoms with van der Waals surface area (Å²) in [7, 11) is 0. The summed E-state index contributed by atoms with van der Waals surface area (Å²) in [5, 5.41) is 16.4. The lowest BCUT2D eigenvalue weighted by Gasteiger charge is -2.09.